The summed E-state index contributed by atoms with van der Waals surface area (Å²) in [4.78, 5) is 0.167. The fraction of sp³-hybridized carbons (Fsp3) is 0.182. The highest BCUT2D eigenvalue weighted by atomic mass is 79.9. The van der Waals surface area contributed by atoms with E-state index < -0.39 is 9.84 Å². The van der Waals surface area contributed by atoms with Gasteiger partial charge in [-0.3, -0.25) is 0 Å². The number of rotatable bonds is 3. The van der Waals surface area contributed by atoms with Gasteiger partial charge < -0.3 is 5.11 Å². The molecule has 0 aliphatic rings. The Labute approximate surface area is 113 Å². The number of benzene rings is 1. The molecule has 18 heavy (non-hydrogen) atoms. The fourth-order valence-electron chi connectivity index (χ4n) is 1.46. The Bertz CT molecular complexity index is 679. The lowest BCUT2D eigenvalue weighted by Crippen LogP contribution is -1.98. The van der Waals surface area contributed by atoms with Crippen molar-refractivity contribution in [2.75, 3.05) is 6.26 Å². The molecule has 0 unspecified atom stereocenters. The first kappa shape index (κ1) is 13.3. The zero-order chi connectivity index (χ0) is 13.3. The van der Waals surface area contributed by atoms with Crippen LogP contribution in [0.5, 0.6) is 0 Å². The molecular formula is C11H11BrN2O3S. The van der Waals surface area contributed by atoms with Gasteiger partial charge in [0, 0.05) is 16.9 Å². The first-order chi connectivity index (χ1) is 8.41. The van der Waals surface area contributed by atoms with Crippen molar-refractivity contribution >= 4 is 25.8 Å². The van der Waals surface area contributed by atoms with Crippen LogP contribution in [-0.2, 0) is 16.4 Å². The number of halogens is 1. The second kappa shape index (κ2) is 4.83. The molecule has 2 aromatic rings. The van der Waals surface area contributed by atoms with Crippen LogP contribution in [0.4, 0.5) is 0 Å². The SMILES string of the molecule is CS(=O)(=O)c1cnn(-c2ccc(CO)cc2Br)c1. The molecule has 0 aliphatic carbocycles. The topological polar surface area (TPSA) is 72.2 Å². The standard InChI is InChI=1S/C11H11BrN2O3S/c1-18(16,17)9-5-13-14(6-9)11-3-2-8(7-15)4-10(11)12/h2-6,15H,7H2,1H3. The molecule has 0 aliphatic heterocycles. The van der Waals surface area contributed by atoms with E-state index in [2.05, 4.69) is 21.0 Å². The van der Waals surface area contributed by atoms with Gasteiger partial charge in [0.2, 0.25) is 0 Å². The van der Waals surface area contributed by atoms with Crippen molar-refractivity contribution in [1.29, 1.82) is 0 Å². The van der Waals surface area contributed by atoms with Crippen molar-refractivity contribution in [2.24, 2.45) is 0 Å². The number of hydrogen-bond donors (Lipinski definition) is 1. The van der Waals surface area contributed by atoms with E-state index in [1.807, 2.05) is 0 Å². The van der Waals surface area contributed by atoms with E-state index >= 15 is 0 Å². The third kappa shape index (κ3) is 2.63. The number of aliphatic hydroxyl groups excluding tert-OH is 1. The van der Waals surface area contributed by atoms with Crippen LogP contribution in [-0.4, -0.2) is 29.6 Å². The summed E-state index contributed by atoms with van der Waals surface area (Å²) in [6.07, 6.45) is 3.90. The number of hydrogen-bond acceptors (Lipinski definition) is 4. The van der Waals surface area contributed by atoms with Crippen molar-refractivity contribution in [3.8, 4) is 5.69 Å². The van der Waals surface area contributed by atoms with Gasteiger partial charge in [-0.25, -0.2) is 13.1 Å². The lowest BCUT2D eigenvalue weighted by Gasteiger charge is -2.05. The number of nitrogens with zero attached hydrogens (tertiary/aromatic N) is 2. The molecule has 1 heterocycles. The first-order valence-electron chi connectivity index (χ1n) is 5.06. The zero-order valence-electron chi connectivity index (χ0n) is 9.54. The Morgan fingerprint density at radius 3 is 2.67 bits per heavy atom. The molecule has 1 aromatic heterocycles. The van der Waals surface area contributed by atoms with Crippen molar-refractivity contribution in [3.05, 3.63) is 40.6 Å². The van der Waals surface area contributed by atoms with Crippen LogP contribution in [0.2, 0.25) is 0 Å². The van der Waals surface area contributed by atoms with Crippen LogP contribution in [0.25, 0.3) is 5.69 Å². The lowest BCUT2D eigenvalue weighted by molar-refractivity contribution is 0.282. The minimum atomic E-state index is -3.25. The summed E-state index contributed by atoms with van der Waals surface area (Å²) in [5, 5.41) is 13.0. The average Bonchev–Trinajstić information content (AvgIpc) is 2.77. The summed E-state index contributed by atoms with van der Waals surface area (Å²) < 4.78 is 24.9. The molecule has 0 bridgehead atoms. The van der Waals surface area contributed by atoms with E-state index in [4.69, 9.17) is 5.11 Å². The summed E-state index contributed by atoms with van der Waals surface area (Å²) in [5.41, 5.74) is 1.48. The first-order valence-corrected chi connectivity index (χ1v) is 7.74. The Hall–Kier alpha value is -1.18. The van der Waals surface area contributed by atoms with Crippen LogP contribution in [0.1, 0.15) is 5.56 Å². The normalized spacial score (nSPS) is 11.7. The van der Waals surface area contributed by atoms with Crippen LogP contribution in [0.3, 0.4) is 0 Å². The predicted molar refractivity (Wildman–Crippen MR) is 70.3 cm³/mol. The van der Waals surface area contributed by atoms with Gasteiger partial charge in [0.05, 0.1) is 18.5 Å². The Morgan fingerprint density at radius 2 is 2.17 bits per heavy atom. The van der Waals surface area contributed by atoms with Gasteiger partial charge in [0.25, 0.3) is 0 Å². The molecule has 1 aromatic carbocycles. The maximum absolute atomic E-state index is 11.4. The average molecular weight is 331 g/mol. The van der Waals surface area contributed by atoms with Crippen LogP contribution in [0.15, 0.2) is 40.0 Å². The summed E-state index contributed by atoms with van der Waals surface area (Å²) in [5.74, 6) is 0. The van der Waals surface area contributed by atoms with E-state index in [0.717, 1.165) is 16.3 Å². The smallest absolute Gasteiger partial charge is 0.178 e. The summed E-state index contributed by atoms with van der Waals surface area (Å²) in [6.45, 7) is -0.0490. The molecule has 0 amide bonds. The minimum Gasteiger partial charge on any atom is -0.392 e. The van der Waals surface area contributed by atoms with Crippen LogP contribution in [0, 0.1) is 0 Å². The largest absolute Gasteiger partial charge is 0.392 e. The van der Waals surface area contributed by atoms with Gasteiger partial charge in [-0.05, 0) is 33.6 Å². The summed E-state index contributed by atoms with van der Waals surface area (Å²) >= 11 is 3.36. The van der Waals surface area contributed by atoms with Crippen molar-refractivity contribution in [3.63, 3.8) is 0 Å². The number of sulfone groups is 1. The van der Waals surface area contributed by atoms with E-state index in [1.165, 1.54) is 17.1 Å². The number of aromatic nitrogens is 2. The van der Waals surface area contributed by atoms with E-state index in [-0.39, 0.29) is 11.5 Å². The van der Waals surface area contributed by atoms with Gasteiger partial charge in [-0.15, -0.1) is 0 Å². The van der Waals surface area contributed by atoms with Gasteiger partial charge in [0.1, 0.15) is 4.90 Å². The van der Waals surface area contributed by atoms with Gasteiger partial charge in [-0.2, -0.15) is 5.10 Å². The Balaban J connectivity index is 2.47. The van der Waals surface area contributed by atoms with Crippen LogP contribution >= 0.6 is 15.9 Å². The lowest BCUT2D eigenvalue weighted by atomic mass is 10.2. The second-order valence-corrected chi connectivity index (χ2v) is 6.71. The molecule has 7 heteroatoms. The maximum Gasteiger partial charge on any atom is 0.178 e. The summed E-state index contributed by atoms with van der Waals surface area (Å²) in [6, 6.07) is 5.27. The van der Waals surface area contributed by atoms with E-state index in [1.54, 1.807) is 18.2 Å². The molecule has 0 radical (unpaired) electrons. The molecule has 5 nitrogen and oxygen atoms in total. The highest BCUT2D eigenvalue weighted by molar-refractivity contribution is 9.10. The quantitative estimate of drug-likeness (QED) is 0.926. The fourth-order valence-corrected chi connectivity index (χ4v) is 2.60. The summed E-state index contributed by atoms with van der Waals surface area (Å²) in [7, 11) is -3.25. The molecule has 0 saturated carbocycles. The minimum absolute atomic E-state index is 0.0490. The van der Waals surface area contributed by atoms with Crippen molar-refractivity contribution in [1.82, 2.24) is 9.78 Å². The molecule has 0 saturated heterocycles. The second-order valence-electron chi connectivity index (χ2n) is 3.84. The van der Waals surface area contributed by atoms with E-state index in [9.17, 15) is 8.42 Å². The monoisotopic (exact) mass is 330 g/mol. The van der Waals surface area contributed by atoms with Gasteiger partial charge >= 0.3 is 0 Å². The highest BCUT2D eigenvalue weighted by Gasteiger charge is 2.12. The molecule has 0 atom stereocenters. The van der Waals surface area contributed by atoms with Crippen molar-refractivity contribution in [2.45, 2.75) is 11.5 Å². The van der Waals surface area contributed by atoms with Crippen molar-refractivity contribution < 1.29 is 13.5 Å². The number of aliphatic hydroxyl groups is 1. The third-order valence-electron chi connectivity index (χ3n) is 2.43. The van der Waals surface area contributed by atoms with Gasteiger partial charge in [0.15, 0.2) is 9.84 Å². The zero-order valence-corrected chi connectivity index (χ0v) is 11.9. The Morgan fingerprint density at radius 1 is 1.44 bits per heavy atom. The highest BCUT2D eigenvalue weighted by Crippen LogP contribution is 2.23. The Kier molecular flexibility index (Phi) is 3.56. The molecule has 1 N–H and O–H groups in total. The van der Waals surface area contributed by atoms with E-state index in [0.29, 0.717) is 5.69 Å². The molecular weight excluding hydrogens is 320 g/mol. The van der Waals surface area contributed by atoms with Gasteiger partial charge in [-0.1, -0.05) is 6.07 Å². The molecule has 0 spiro atoms. The predicted octanol–water partition coefficient (Wildman–Crippen LogP) is 1.53. The third-order valence-corrected chi connectivity index (χ3v) is 4.13. The molecule has 96 valence electrons. The maximum atomic E-state index is 11.4. The van der Waals surface area contributed by atoms with Crippen LogP contribution < -0.4 is 0 Å². The molecule has 2 rings (SSSR count). The molecule has 0 fully saturated rings.